The van der Waals surface area contributed by atoms with Crippen molar-refractivity contribution >= 4 is 0 Å². The van der Waals surface area contributed by atoms with Crippen LogP contribution < -0.4 is 0 Å². The second-order valence-electron chi connectivity index (χ2n) is 6.72. The van der Waals surface area contributed by atoms with Gasteiger partial charge in [0.15, 0.2) is 0 Å². The van der Waals surface area contributed by atoms with E-state index in [-0.39, 0.29) is 5.69 Å². The van der Waals surface area contributed by atoms with Gasteiger partial charge in [0.2, 0.25) is 11.8 Å². The number of fused-ring (bicyclic) bond motifs is 5. The highest BCUT2D eigenvalue weighted by Crippen LogP contribution is 2.60. The molecule has 0 amide bonds. The highest BCUT2D eigenvalue weighted by atomic mass is 19.4. The van der Waals surface area contributed by atoms with Gasteiger partial charge in [-0.1, -0.05) is 0 Å². The number of benzene rings is 1. The maximum absolute atomic E-state index is 13.2. The number of hydrogen-bond donors (Lipinski definition) is 2. The fraction of sp³-hybridized carbons (Fsp3) is 0.278. The molecule has 2 atom stereocenters. The quantitative estimate of drug-likeness (QED) is 0.756. The van der Waals surface area contributed by atoms with Crippen molar-refractivity contribution in [1.29, 1.82) is 5.26 Å². The minimum atomic E-state index is -4.75. The van der Waals surface area contributed by atoms with E-state index in [1.807, 2.05) is 0 Å². The zero-order chi connectivity index (χ0) is 19.1. The first-order valence-electron chi connectivity index (χ1n) is 7.72. The number of hydrogen-bond acceptors (Lipinski definition) is 4. The van der Waals surface area contributed by atoms with Crippen LogP contribution >= 0.6 is 0 Å². The molecule has 2 aliphatic rings. The van der Waals surface area contributed by atoms with Gasteiger partial charge in [0.05, 0.1) is 34.0 Å². The standard InChI is InChI=1S/C18H13F3N2O3/c1-16-5-6-17(2,26-16)13-12(16)14(24)23(15(13)25)10-4-3-9(8-22)11(7-10)18(19,20)21/h3-7,24-25H,1-2H3/t16-,17+. The summed E-state index contributed by atoms with van der Waals surface area (Å²) in [6, 6.07) is 4.48. The molecule has 8 heteroatoms. The molecule has 2 aliphatic heterocycles. The Balaban J connectivity index is 1.97. The second-order valence-corrected chi connectivity index (χ2v) is 6.72. The zero-order valence-corrected chi connectivity index (χ0v) is 13.7. The summed E-state index contributed by atoms with van der Waals surface area (Å²) in [5, 5.41) is 30.2. The highest BCUT2D eigenvalue weighted by molar-refractivity contribution is 5.64. The van der Waals surface area contributed by atoms with Gasteiger partial charge in [-0.15, -0.1) is 0 Å². The van der Waals surface area contributed by atoms with E-state index in [2.05, 4.69) is 0 Å². The normalized spacial score (nSPS) is 26.2. The average Bonchev–Trinajstić information content (AvgIpc) is 3.10. The Kier molecular flexibility index (Phi) is 2.94. The van der Waals surface area contributed by atoms with Crippen LogP contribution in [0.1, 0.15) is 36.1 Å². The molecule has 4 rings (SSSR count). The minimum Gasteiger partial charge on any atom is -0.494 e. The lowest BCUT2D eigenvalue weighted by molar-refractivity contribution is -0.137. The first-order valence-corrected chi connectivity index (χ1v) is 7.72. The largest absolute Gasteiger partial charge is 0.494 e. The summed E-state index contributed by atoms with van der Waals surface area (Å²) in [6.45, 7) is 3.40. The van der Waals surface area contributed by atoms with Gasteiger partial charge in [-0.05, 0) is 44.2 Å². The lowest BCUT2D eigenvalue weighted by Gasteiger charge is -2.21. The molecule has 2 aromatic rings. The summed E-state index contributed by atoms with van der Waals surface area (Å²) >= 11 is 0. The third-order valence-electron chi connectivity index (χ3n) is 4.94. The molecule has 0 unspecified atom stereocenters. The Morgan fingerprint density at radius 2 is 1.62 bits per heavy atom. The van der Waals surface area contributed by atoms with Crippen molar-refractivity contribution in [2.75, 3.05) is 0 Å². The van der Waals surface area contributed by atoms with Crippen LogP contribution in [-0.2, 0) is 22.1 Å². The van der Waals surface area contributed by atoms with Crippen LogP contribution in [0.15, 0.2) is 30.4 Å². The van der Waals surface area contributed by atoms with Crippen LogP contribution in [0.5, 0.6) is 11.8 Å². The smallest absolute Gasteiger partial charge is 0.417 e. The van der Waals surface area contributed by atoms with Gasteiger partial charge in [-0.3, -0.25) is 4.57 Å². The van der Waals surface area contributed by atoms with Gasteiger partial charge in [0.25, 0.3) is 0 Å². The van der Waals surface area contributed by atoms with E-state index in [9.17, 15) is 23.4 Å². The first kappa shape index (κ1) is 16.5. The number of alkyl halides is 3. The highest BCUT2D eigenvalue weighted by Gasteiger charge is 2.56. The van der Waals surface area contributed by atoms with E-state index < -0.39 is 40.3 Å². The molecule has 0 saturated carbocycles. The summed E-state index contributed by atoms with van der Waals surface area (Å²) in [4.78, 5) is 0. The van der Waals surface area contributed by atoms with Crippen LogP contribution in [0.4, 0.5) is 13.2 Å². The summed E-state index contributed by atoms with van der Waals surface area (Å²) in [5.74, 6) is -0.795. The van der Waals surface area contributed by atoms with E-state index >= 15 is 0 Å². The Hall–Kier alpha value is -2.92. The topological polar surface area (TPSA) is 78.4 Å². The zero-order valence-electron chi connectivity index (χ0n) is 13.7. The van der Waals surface area contributed by atoms with E-state index in [0.29, 0.717) is 11.1 Å². The van der Waals surface area contributed by atoms with Gasteiger partial charge in [-0.2, -0.15) is 18.4 Å². The number of aromatic hydroxyl groups is 2. The van der Waals surface area contributed by atoms with Crippen molar-refractivity contribution < 1.29 is 28.1 Å². The molecule has 0 spiro atoms. The van der Waals surface area contributed by atoms with E-state index in [1.54, 1.807) is 26.0 Å². The fourth-order valence-electron chi connectivity index (χ4n) is 3.83. The molecule has 1 aromatic heterocycles. The molecule has 3 heterocycles. The van der Waals surface area contributed by atoms with Gasteiger partial charge in [0.1, 0.15) is 11.2 Å². The van der Waals surface area contributed by atoms with Crippen molar-refractivity contribution in [2.24, 2.45) is 0 Å². The summed E-state index contributed by atoms with van der Waals surface area (Å²) in [5.41, 5.74) is -3.10. The Bertz CT molecular complexity index is 990. The van der Waals surface area contributed by atoms with Gasteiger partial charge < -0.3 is 14.9 Å². The number of rotatable bonds is 1. The lowest BCUT2D eigenvalue weighted by atomic mass is 9.86. The summed E-state index contributed by atoms with van der Waals surface area (Å²) in [6.07, 6.45) is -1.28. The Labute approximate surface area is 146 Å². The minimum absolute atomic E-state index is 0.104. The van der Waals surface area contributed by atoms with E-state index in [1.165, 1.54) is 12.1 Å². The molecule has 5 nitrogen and oxygen atoms in total. The molecule has 0 saturated heterocycles. The van der Waals surface area contributed by atoms with Crippen molar-refractivity contribution in [2.45, 2.75) is 31.2 Å². The predicted molar refractivity (Wildman–Crippen MR) is 83.7 cm³/mol. The Morgan fingerprint density at radius 3 is 2.08 bits per heavy atom. The number of halogens is 3. The number of ether oxygens (including phenoxy) is 1. The maximum atomic E-state index is 13.2. The third-order valence-corrected chi connectivity index (χ3v) is 4.94. The molecule has 0 fully saturated rings. The molecule has 2 N–H and O–H groups in total. The molecular formula is C18H13F3N2O3. The van der Waals surface area contributed by atoms with E-state index in [0.717, 1.165) is 16.7 Å². The number of nitriles is 1. The molecule has 134 valence electrons. The number of nitrogens with zero attached hydrogens (tertiary/aromatic N) is 2. The third kappa shape index (κ3) is 1.89. The average molecular weight is 362 g/mol. The van der Waals surface area contributed by atoms with Crippen molar-refractivity contribution in [3.05, 3.63) is 52.6 Å². The summed E-state index contributed by atoms with van der Waals surface area (Å²) < 4.78 is 46.5. The molecular weight excluding hydrogens is 349 g/mol. The Morgan fingerprint density at radius 1 is 1.08 bits per heavy atom. The van der Waals surface area contributed by atoms with Gasteiger partial charge in [0, 0.05) is 0 Å². The fourth-order valence-corrected chi connectivity index (χ4v) is 3.83. The lowest BCUT2D eigenvalue weighted by Crippen LogP contribution is -2.19. The molecule has 0 aliphatic carbocycles. The number of aromatic nitrogens is 1. The second kappa shape index (κ2) is 4.62. The van der Waals surface area contributed by atoms with Crippen LogP contribution in [0, 0.1) is 11.3 Å². The van der Waals surface area contributed by atoms with Gasteiger partial charge >= 0.3 is 6.18 Å². The molecule has 1 aromatic carbocycles. The monoisotopic (exact) mass is 362 g/mol. The molecule has 0 radical (unpaired) electrons. The van der Waals surface area contributed by atoms with Crippen molar-refractivity contribution in [3.8, 4) is 23.5 Å². The predicted octanol–water partition coefficient (Wildman–Crippen LogP) is 3.81. The molecule has 2 bridgehead atoms. The van der Waals surface area contributed by atoms with Crippen molar-refractivity contribution in [3.63, 3.8) is 0 Å². The van der Waals surface area contributed by atoms with Crippen LogP contribution in [0.25, 0.3) is 5.69 Å². The summed E-state index contributed by atoms with van der Waals surface area (Å²) in [7, 11) is 0. The van der Waals surface area contributed by atoms with E-state index in [4.69, 9.17) is 10.00 Å². The van der Waals surface area contributed by atoms with Gasteiger partial charge in [-0.25, -0.2) is 0 Å². The van der Waals surface area contributed by atoms with Crippen molar-refractivity contribution in [1.82, 2.24) is 4.57 Å². The van der Waals surface area contributed by atoms with Crippen LogP contribution in [0.2, 0.25) is 0 Å². The first-order chi connectivity index (χ1) is 12.0. The molecule has 26 heavy (non-hydrogen) atoms. The maximum Gasteiger partial charge on any atom is 0.417 e. The SMILES string of the molecule is C[C@]12C=C[C@](C)(O1)c1c2c(O)n(-c2ccc(C#N)c(C(F)(F)F)c2)c1O. The van der Waals surface area contributed by atoms with Crippen LogP contribution in [0.3, 0.4) is 0 Å². The van der Waals surface area contributed by atoms with Crippen LogP contribution in [-0.4, -0.2) is 14.8 Å².